The first-order valence-electron chi connectivity index (χ1n) is 9.88. The summed E-state index contributed by atoms with van der Waals surface area (Å²) >= 11 is 0. The van der Waals surface area contributed by atoms with E-state index in [0.717, 1.165) is 32.2 Å². The number of likely N-dealkylation sites (N-methyl/N-ethyl adjacent to an activating group) is 1. The highest BCUT2D eigenvalue weighted by Crippen LogP contribution is 2.14. The van der Waals surface area contributed by atoms with Crippen LogP contribution in [0.4, 0.5) is 0 Å². The molecule has 0 aliphatic rings. The lowest BCUT2D eigenvalue weighted by Gasteiger charge is -2.13. The minimum atomic E-state index is -0.104. The number of carbonyl (C=O) groups is 1. The summed E-state index contributed by atoms with van der Waals surface area (Å²) in [5, 5.41) is 3.01. The van der Waals surface area contributed by atoms with Gasteiger partial charge in [-0.1, -0.05) is 26.7 Å². The fourth-order valence-electron chi connectivity index (χ4n) is 2.19. The van der Waals surface area contributed by atoms with E-state index in [1.54, 1.807) is 0 Å². The quantitative estimate of drug-likeness (QED) is 0.257. The van der Waals surface area contributed by atoms with Crippen molar-refractivity contribution < 1.29 is 28.5 Å². The average Bonchev–Trinajstić information content (AvgIpc) is 2.65. The van der Waals surface area contributed by atoms with Gasteiger partial charge < -0.3 is 29.0 Å². The predicted molar refractivity (Wildman–Crippen MR) is 101 cm³/mol. The van der Waals surface area contributed by atoms with E-state index in [2.05, 4.69) is 12.2 Å². The molecule has 0 fully saturated rings. The van der Waals surface area contributed by atoms with E-state index in [1.165, 1.54) is 0 Å². The summed E-state index contributed by atoms with van der Waals surface area (Å²) in [4.78, 5) is 11.9. The number of hydrogen-bond donors (Lipinski definition) is 1. The van der Waals surface area contributed by atoms with Crippen molar-refractivity contribution in [3.05, 3.63) is 0 Å². The molecule has 0 bridgehead atoms. The summed E-state index contributed by atoms with van der Waals surface area (Å²) in [7, 11) is 1.89. The van der Waals surface area contributed by atoms with Gasteiger partial charge >= 0.3 is 5.97 Å². The maximum atomic E-state index is 11.9. The van der Waals surface area contributed by atoms with E-state index in [0.29, 0.717) is 59.5 Å². The summed E-state index contributed by atoms with van der Waals surface area (Å²) < 4.78 is 26.8. The summed E-state index contributed by atoms with van der Waals surface area (Å²) in [6, 6.07) is 0. The molecule has 7 nitrogen and oxygen atoms in total. The van der Waals surface area contributed by atoms with Gasteiger partial charge in [0.05, 0.1) is 58.8 Å². The minimum absolute atomic E-state index is 0.0204. The number of carbonyl (C=O) groups excluding carboxylic acids is 1. The number of hydrogen-bond acceptors (Lipinski definition) is 7. The van der Waals surface area contributed by atoms with Crippen molar-refractivity contribution in [2.24, 2.45) is 5.92 Å². The molecule has 0 saturated carbocycles. The lowest BCUT2D eigenvalue weighted by atomic mass is 10.00. The van der Waals surface area contributed by atoms with Crippen LogP contribution >= 0.6 is 0 Å². The number of rotatable bonds is 20. The first-order chi connectivity index (χ1) is 12.8. The van der Waals surface area contributed by atoms with Gasteiger partial charge in [0.2, 0.25) is 0 Å². The number of ether oxygens (including phenoxy) is 5. The molecule has 0 amide bonds. The van der Waals surface area contributed by atoms with Crippen LogP contribution in [0.3, 0.4) is 0 Å². The minimum Gasteiger partial charge on any atom is -0.463 e. The third-order valence-electron chi connectivity index (χ3n) is 3.82. The van der Waals surface area contributed by atoms with Crippen molar-refractivity contribution in [3.8, 4) is 0 Å². The fraction of sp³-hybridized carbons (Fsp3) is 0.947. The Bertz CT molecular complexity index is 304. The predicted octanol–water partition coefficient (Wildman–Crippen LogP) is 2.03. The monoisotopic (exact) mass is 377 g/mol. The van der Waals surface area contributed by atoms with Crippen molar-refractivity contribution in [3.63, 3.8) is 0 Å². The summed E-state index contributed by atoms with van der Waals surface area (Å²) in [5.74, 6) is -0.0834. The second-order valence-electron chi connectivity index (χ2n) is 5.97. The van der Waals surface area contributed by atoms with Crippen molar-refractivity contribution in [1.82, 2.24) is 5.32 Å². The largest absolute Gasteiger partial charge is 0.463 e. The molecule has 0 rings (SSSR count). The fourth-order valence-corrected chi connectivity index (χ4v) is 2.19. The highest BCUT2D eigenvalue weighted by Gasteiger charge is 2.16. The molecule has 0 spiro atoms. The number of unbranched alkanes of at least 4 members (excludes halogenated alkanes) is 1. The molecule has 0 radical (unpaired) electrons. The molecule has 0 aliphatic carbocycles. The van der Waals surface area contributed by atoms with E-state index in [1.807, 2.05) is 14.0 Å². The molecule has 1 N–H and O–H groups in total. The number of nitrogens with one attached hydrogen (secondary N) is 1. The van der Waals surface area contributed by atoms with Crippen LogP contribution < -0.4 is 5.32 Å². The van der Waals surface area contributed by atoms with Gasteiger partial charge in [-0.25, -0.2) is 0 Å². The Hall–Kier alpha value is -0.730. The highest BCUT2D eigenvalue weighted by molar-refractivity contribution is 5.72. The van der Waals surface area contributed by atoms with E-state index in [4.69, 9.17) is 23.7 Å². The van der Waals surface area contributed by atoms with E-state index in [-0.39, 0.29) is 11.9 Å². The van der Waals surface area contributed by atoms with Gasteiger partial charge in [0.15, 0.2) is 0 Å². The van der Waals surface area contributed by atoms with E-state index < -0.39 is 0 Å². The van der Waals surface area contributed by atoms with Crippen LogP contribution in [0.2, 0.25) is 0 Å². The molecule has 156 valence electrons. The zero-order chi connectivity index (χ0) is 19.3. The Labute approximate surface area is 159 Å². The molecule has 1 unspecified atom stereocenters. The Morgan fingerprint density at radius 3 is 1.77 bits per heavy atom. The Kier molecular flexibility index (Phi) is 20.0. The third kappa shape index (κ3) is 16.7. The summed E-state index contributed by atoms with van der Waals surface area (Å²) in [6.07, 6.45) is 3.90. The van der Waals surface area contributed by atoms with Crippen LogP contribution in [0.25, 0.3) is 0 Å². The molecule has 0 saturated heterocycles. The second kappa shape index (κ2) is 20.6. The highest BCUT2D eigenvalue weighted by atomic mass is 16.6. The molecule has 0 aromatic carbocycles. The zero-order valence-corrected chi connectivity index (χ0v) is 16.9. The average molecular weight is 378 g/mol. The standard InChI is InChI=1S/C19H39NO6/c1-4-6-7-18(5-2)19(21)26-17-16-25-15-14-24-13-12-23-11-10-22-9-8-20-3/h18,20H,4-17H2,1-3H3. The summed E-state index contributed by atoms with van der Waals surface area (Å²) in [6.45, 7) is 9.64. The van der Waals surface area contributed by atoms with Crippen LogP contribution in [0.15, 0.2) is 0 Å². The molecule has 0 aliphatic heterocycles. The van der Waals surface area contributed by atoms with Crippen molar-refractivity contribution >= 4 is 5.97 Å². The van der Waals surface area contributed by atoms with E-state index >= 15 is 0 Å². The lowest BCUT2D eigenvalue weighted by molar-refractivity contribution is -0.150. The van der Waals surface area contributed by atoms with Gasteiger partial charge in [-0.2, -0.15) is 0 Å². The first-order valence-corrected chi connectivity index (χ1v) is 9.88. The summed E-state index contributed by atoms with van der Waals surface area (Å²) in [5.41, 5.74) is 0. The van der Waals surface area contributed by atoms with Crippen LogP contribution in [-0.2, 0) is 28.5 Å². The van der Waals surface area contributed by atoms with E-state index in [9.17, 15) is 4.79 Å². The normalized spacial score (nSPS) is 12.3. The molecule has 0 heterocycles. The van der Waals surface area contributed by atoms with Crippen LogP contribution in [0, 0.1) is 5.92 Å². The van der Waals surface area contributed by atoms with Gasteiger partial charge in [-0.3, -0.25) is 4.79 Å². The number of esters is 1. The maximum Gasteiger partial charge on any atom is 0.308 e. The van der Waals surface area contributed by atoms with Crippen molar-refractivity contribution in [2.45, 2.75) is 39.5 Å². The Morgan fingerprint density at radius 2 is 1.31 bits per heavy atom. The van der Waals surface area contributed by atoms with Crippen LogP contribution in [0.5, 0.6) is 0 Å². The molecule has 1 atom stereocenters. The van der Waals surface area contributed by atoms with Gasteiger partial charge in [0, 0.05) is 6.54 Å². The molecule has 0 aromatic heterocycles. The van der Waals surface area contributed by atoms with Gasteiger partial charge in [-0.05, 0) is 19.9 Å². The van der Waals surface area contributed by atoms with Crippen LogP contribution in [-0.4, -0.2) is 79.0 Å². The van der Waals surface area contributed by atoms with Gasteiger partial charge in [0.1, 0.15) is 6.61 Å². The maximum absolute atomic E-state index is 11.9. The molecular formula is C19H39NO6. The lowest BCUT2D eigenvalue weighted by Crippen LogP contribution is -2.20. The molecule has 0 aromatic rings. The Morgan fingerprint density at radius 1 is 0.808 bits per heavy atom. The topological polar surface area (TPSA) is 75.3 Å². The zero-order valence-electron chi connectivity index (χ0n) is 16.9. The van der Waals surface area contributed by atoms with Gasteiger partial charge in [-0.15, -0.1) is 0 Å². The second-order valence-corrected chi connectivity index (χ2v) is 5.97. The Balaban J connectivity index is 3.27. The first kappa shape index (κ1) is 25.3. The van der Waals surface area contributed by atoms with Crippen molar-refractivity contribution in [1.29, 1.82) is 0 Å². The SMILES string of the molecule is CCCCC(CC)C(=O)OCCOCCOCCOCCOCCNC. The van der Waals surface area contributed by atoms with Crippen LogP contribution in [0.1, 0.15) is 39.5 Å². The van der Waals surface area contributed by atoms with Gasteiger partial charge in [0.25, 0.3) is 0 Å². The third-order valence-corrected chi connectivity index (χ3v) is 3.82. The molecular weight excluding hydrogens is 338 g/mol. The molecule has 26 heavy (non-hydrogen) atoms. The molecule has 7 heteroatoms. The van der Waals surface area contributed by atoms with Crippen molar-refractivity contribution in [2.75, 3.05) is 73.1 Å². The smallest absolute Gasteiger partial charge is 0.308 e.